The molecule has 0 radical (unpaired) electrons. The van der Waals surface area contributed by atoms with E-state index in [-0.39, 0.29) is 17.9 Å². The standard InChI is InChI=1S/C19H20IN3O2/c20-16-10-4-5-11-17(16)22-18(24)14-7-6-12-23(13-14)19(25)21-15-8-2-1-3-9-15/h1-5,8-11,14H,6-7,12-13H2,(H,21,25)(H,22,24). The van der Waals surface area contributed by atoms with Gasteiger partial charge in [-0.05, 0) is 59.7 Å². The molecule has 1 unspecified atom stereocenters. The van der Waals surface area contributed by atoms with Crippen LogP contribution in [0, 0.1) is 9.49 Å². The van der Waals surface area contributed by atoms with E-state index in [0.717, 1.165) is 27.8 Å². The molecule has 25 heavy (non-hydrogen) atoms. The minimum Gasteiger partial charge on any atom is -0.325 e. The third-order valence-electron chi connectivity index (χ3n) is 4.24. The van der Waals surface area contributed by atoms with Crippen molar-refractivity contribution in [1.82, 2.24) is 4.90 Å². The first-order chi connectivity index (χ1) is 12.1. The lowest BCUT2D eigenvalue weighted by Crippen LogP contribution is -2.45. The lowest BCUT2D eigenvalue weighted by atomic mass is 9.97. The lowest BCUT2D eigenvalue weighted by Gasteiger charge is -2.32. The average molecular weight is 449 g/mol. The molecule has 3 rings (SSSR count). The van der Waals surface area contributed by atoms with Crippen molar-refractivity contribution in [3.05, 3.63) is 58.2 Å². The number of anilines is 2. The zero-order chi connectivity index (χ0) is 17.6. The van der Waals surface area contributed by atoms with Crippen molar-refractivity contribution in [3.8, 4) is 0 Å². The number of urea groups is 1. The molecule has 0 bridgehead atoms. The molecule has 130 valence electrons. The highest BCUT2D eigenvalue weighted by molar-refractivity contribution is 14.1. The molecular formula is C19H20IN3O2. The number of piperidine rings is 1. The fourth-order valence-electron chi connectivity index (χ4n) is 2.90. The zero-order valence-corrected chi connectivity index (χ0v) is 15.9. The van der Waals surface area contributed by atoms with Crippen LogP contribution in [0.5, 0.6) is 0 Å². The predicted octanol–water partition coefficient (Wildman–Crippen LogP) is 4.17. The Morgan fingerprint density at radius 1 is 1.00 bits per heavy atom. The van der Waals surface area contributed by atoms with E-state index in [9.17, 15) is 9.59 Å². The lowest BCUT2D eigenvalue weighted by molar-refractivity contribution is -0.121. The van der Waals surface area contributed by atoms with E-state index in [1.54, 1.807) is 4.90 Å². The number of amides is 3. The summed E-state index contributed by atoms with van der Waals surface area (Å²) in [7, 11) is 0. The van der Waals surface area contributed by atoms with Gasteiger partial charge in [0.1, 0.15) is 0 Å². The van der Waals surface area contributed by atoms with Crippen LogP contribution in [0.3, 0.4) is 0 Å². The van der Waals surface area contributed by atoms with Crippen LogP contribution < -0.4 is 10.6 Å². The summed E-state index contributed by atoms with van der Waals surface area (Å²) in [6, 6.07) is 16.9. The van der Waals surface area contributed by atoms with Crippen molar-refractivity contribution in [2.24, 2.45) is 5.92 Å². The number of rotatable bonds is 3. The Kier molecular flexibility index (Phi) is 5.91. The molecule has 1 aliphatic heterocycles. The van der Waals surface area contributed by atoms with Gasteiger partial charge >= 0.3 is 6.03 Å². The number of benzene rings is 2. The number of halogens is 1. The Morgan fingerprint density at radius 3 is 2.48 bits per heavy atom. The number of likely N-dealkylation sites (tertiary alicyclic amines) is 1. The van der Waals surface area contributed by atoms with E-state index < -0.39 is 0 Å². The largest absolute Gasteiger partial charge is 0.325 e. The highest BCUT2D eigenvalue weighted by Crippen LogP contribution is 2.22. The van der Waals surface area contributed by atoms with Crippen molar-refractivity contribution in [2.45, 2.75) is 12.8 Å². The van der Waals surface area contributed by atoms with Gasteiger partial charge < -0.3 is 15.5 Å². The molecular weight excluding hydrogens is 429 g/mol. The van der Waals surface area contributed by atoms with Gasteiger partial charge in [0.15, 0.2) is 0 Å². The first kappa shape index (κ1) is 17.7. The first-order valence-corrected chi connectivity index (χ1v) is 9.38. The maximum atomic E-state index is 12.6. The van der Waals surface area contributed by atoms with E-state index in [2.05, 4.69) is 33.2 Å². The summed E-state index contributed by atoms with van der Waals surface area (Å²) in [5.74, 6) is -0.215. The van der Waals surface area contributed by atoms with Crippen LogP contribution in [-0.2, 0) is 4.79 Å². The normalized spacial score (nSPS) is 17.0. The maximum absolute atomic E-state index is 12.6. The smallest absolute Gasteiger partial charge is 0.321 e. The minimum absolute atomic E-state index is 0.0265. The average Bonchev–Trinajstić information content (AvgIpc) is 2.64. The van der Waals surface area contributed by atoms with Crippen LogP contribution in [-0.4, -0.2) is 29.9 Å². The molecule has 1 saturated heterocycles. The van der Waals surface area contributed by atoms with Crippen LogP contribution >= 0.6 is 22.6 Å². The minimum atomic E-state index is -0.189. The number of carbonyl (C=O) groups is 2. The van der Waals surface area contributed by atoms with Gasteiger partial charge in [-0.1, -0.05) is 30.3 Å². The number of hydrogen-bond acceptors (Lipinski definition) is 2. The van der Waals surface area contributed by atoms with Crippen LogP contribution in [0.4, 0.5) is 16.2 Å². The van der Waals surface area contributed by atoms with Gasteiger partial charge in [0.05, 0.1) is 11.6 Å². The van der Waals surface area contributed by atoms with E-state index in [4.69, 9.17) is 0 Å². The second-order valence-electron chi connectivity index (χ2n) is 6.05. The fraction of sp³-hybridized carbons (Fsp3) is 0.263. The highest BCUT2D eigenvalue weighted by atomic mass is 127. The van der Waals surface area contributed by atoms with Crippen molar-refractivity contribution in [2.75, 3.05) is 23.7 Å². The summed E-state index contributed by atoms with van der Waals surface area (Å²) in [6.45, 7) is 1.11. The molecule has 2 aromatic rings. The number of nitrogens with one attached hydrogen (secondary N) is 2. The zero-order valence-electron chi connectivity index (χ0n) is 13.7. The second-order valence-corrected chi connectivity index (χ2v) is 7.21. The summed E-state index contributed by atoms with van der Waals surface area (Å²) in [6.07, 6.45) is 1.62. The molecule has 1 fully saturated rings. The van der Waals surface area contributed by atoms with Gasteiger partial charge in [-0.15, -0.1) is 0 Å². The van der Waals surface area contributed by atoms with Crippen LogP contribution in [0.2, 0.25) is 0 Å². The summed E-state index contributed by atoms with van der Waals surface area (Å²) < 4.78 is 1.00. The Labute approximate surface area is 160 Å². The summed E-state index contributed by atoms with van der Waals surface area (Å²) in [4.78, 5) is 26.7. The predicted molar refractivity (Wildman–Crippen MR) is 108 cm³/mol. The molecule has 1 aliphatic rings. The van der Waals surface area contributed by atoms with Crippen molar-refractivity contribution >= 4 is 45.9 Å². The van der Waals surface area contributed by atoms with Crippen LogP contribution in [0.15, 0.2) is 54.6 Å². The number of nitrogens with zero attached hydrogens (tertiary/aromatic N) is 1. The van der Waals surface area contributed by atoms with Gasteiger partial charge in [0.2, 0.25) is 5.91 Å². The van der Waals surface area contributed by atoms with E-state index in [0.29, 0.717) is 13.1 Å². The SMILES string of the molecule is O=C(Nc1ccccc1I)C1CCCN(C(=O)Nc2ccccc2)C1. The second kappa shape index (κ2) is 8.33. The summed E-state index contributed by atoms with van der Waals surface area (Å²) in [5, 5.41) is 5.87. The van der Waals surface area contributed by atoms with E-state index >= 15 is 0 Å². The molecule has 2 N–H and O–H groups in total. The highest BCUT2D eigenvalue weighted by Gasteiger charge is 2.28. The van der Waals surface area contributed by atoms with Crippen molar-refractivity contribution in [3.63, 3.8) is 0 Å². The number of hydrogen-bond donors (Lipinski definition) is 2. The number of para-hydroxylation sites is 2. The summed E-state index contributed by atoms with van der Waals surface area (Å²) >= 11 is 2.20. The number of carbonyl (C=O) groups excluding carboxylic acids is 2. The molecule has 0 saturated carbocycles. The third-order valence-corrected chi connectivity index (χ3v) is 5.18. The Balaban J connectivity index is 1.59. The van der Waals surface area contributed by atoms with Crippen LogP contribution in [0.25, 0.3) is 0 Å². The van der Waals surface area contributed by atoms with E-state index in [1.165, 1.54) is 0 Å². The van der Waals surface area contributed by atoms with E-state index in [1.807, 2.05) is 54.6 Å². The topological polar surface area (TPSA) is 61.4 Å². The maximum Gasteiger partial charge on any atom is 0.321 e. The fourth-order valence-corrected chi connectivity index (χ4v) is 3.42. The Bertz CT molecular complexity index is 751. The molecule has 3 amide bonds. The van der Waals surface area contributed by atoms with Crippen LogP contribution in [0.1, 0.15) is 12.8 Å². The van der Waals surface area contributed by atoms with Gasteiger partial charge in [0.25, 0.3) is 0 Å². The van der Waals surface area contributed by atoms with Gasteiger partial charge in [-0.25, -0.2) is 4.79 Å². The van der Waals surface area contributed by atoms with Crippen molar-refractivity contribution < 1.29 is 9.59 Å². The molecule has 6 heteroatoms. The first-order valence-electron chi connectivity index (χ1n) is 8.30. The Hall–Kier alpha value is -2.09. The molecule has 0 aromatic heterocycles. The molecule has 1 heterocycles. The monoisotopic (exact) mass is 449 g/mol. The van der Waals surface area contributed by atoms with Gasteiger partial charge in [0, 0.05) is 22.3 Å². The quantitative estimate of drug-likeness (QED) is 0.692. The molecule has 2 aromatic carbocycles. The third kappa shape index (κ3) is 4.72. The Morgan fingerprint density at radius 2 is 1.72 bits per heavy atom. The van der Waals surface area contributed by atoms with Gasteiger partial charge in [-0.3, -0.25) is 4.79 Å². The summed E-state index contributed by atoms with van der Waals surface area (Å²) in [5.41, 5.74) is 1.58. The molecule has 0 spiro atoms. The molecule has 5 nitrogen and oxygen atoms in total. The van der Waals surface area contributed by atoms with Crippen molar-refractivity contribution in [1.29, 1.82) is 0 Å². The molecule has 0 aliphatic carbocycles. The molecule has 1 atom stereocenters. The van der Waals surface area contributed by atoms with Gasteiger partial charge in [-0.2, -0.15) is 0 Å².